The van der Waals surface area contributed by atoms with Gasteiger partial charge in [0.2, 0.25) is 0 Å². The first-order valence-corrected chi connectivity index (χ1v) is 7.72. The summed E-state index contributed by atoms with van der Waals surface area (Å²) in [5.74, 6) is 0.880. The van der Waals surface area contributed by atoms with Crippen LogP contribution >= 0.6 is 11.3 Å². The first-order chi connectivity index (χ1) is 8.70. The molecule has 4 heteroatoms. The molecule has 1 aromatic heterocycles. The lowest BCUT2D eigenvalue weighted by molar-refractivity contribution is 0.101. The van der Waals surface area contributed by atoms with E-state index in [9.17, 15) is 4.79 Å². The predicted octanol–water partition coefficient (Wildman–Crippen LogP) is 3.58. The average molecular weight is 266 g/mol. The first kappa shape index (κ1) is 13.7. The number of nitrogens with zero attached hydrogens (tertiary/aromatic N) is 1. The number of hydrogen-bond acceptors (Lipinski definition) is 4. The van der Waals surface area contributed by atoms with Gasteiger partial charge in [-0.25, -0.2) is 4.98 Å². The molecule has 1 atom stereocenters. The van der Waals surface area contributed by atoms with Gasteiger partial charge < -0.3 is 5.32 Å². The van der Waals surface area contributed by atoms with E-state index in [0.717, 1.165) is 17.3 Å². The molecule has 100 valence electrons. The van der Waals surface area contributed by atoms with Gasteiger partial charge in [0.15, 0.2) is 5.78 Å². The zero-order valence-electron chi connectivity index (χ0n) is 11.2. The van der Waals surface area contributed by atoms with Crippen LogP contribution in [0, 0.1) is 5.92 Å². The second kappa shape index (κ2) is 6.43. The van der Waals surface area contributed by atoms with E-state index in [1.807, 2.05) is 12.4 Å². The molecule has 1 fully saturated rings. The third-order valence-electron chi connectivity index (χ3n) is 3.82. The molecule has 2 rings (SSSR count). The molecule has 0 amide bonds. The second-order valence-corrected chi connectivity index (χ2v) is 6.10. The maximum Gasteiger partial charge on any atom is 0.178 e. The highest BCUT2D eigenvalue weighted by atomic mass is 32.1. The highest BCUT2D eigenvalue weighted by Gasteiger charge is 2.21. The Morgan fingerprint density at radius 1 is 1.50 bits per heavy atom. The molecule has 1 heterocycles. The van der Waals surface area contributed by atoms with E-state index in [1.54, 1.807) is 18.3 Å². The quantitative estimate of drug-likeness (QED) is 0.828. The molecule has 0 aliphatic heterocycles. The van der Waals surface area contributed by atoms with E-state index >= 15 is 0 Å². The molecular formula is C14H22N2OS. The van der Waals surface area contributed by atoms with Gasteiger partial charge in [0.25, 0.3) is 0 Å². The van der Waals surface area contributed by atoms with Gasteiger partial charge >= 0.3 is 0 Å². The lowest BCUT2D eigenvalue weighted by Crippen LogP contribution is -2.21. The summed E-state index contributed by atoms with van der Waals surface area (Å²) < 4.78 is 0. The van der Waals surface area contributed by atoms with Crippen LogP contribution < -0.4 is 5.32 Å². The molecule has 0 bridgehead atoms. The number of Topliss-reactive ketones (excluding diaryl/α,β-unsaturated/α-hetero) is 1. The van der Waals surface area contributed by atoms with Crippen LogP contribution in [0.15, 0.2) is 5.38 Å². The van der Waals surface area contributed by atoms with Crippen molar-refractivity contribution in [3.8, 4) is 0 Å². The van der Waals surface area contributed by atoms with Crippen LogP contribution in [-0.4, -0.2) is 17.8 Å². The van der Waals surface area contributed by atoms with E-state index in [1.165, 1.54) is 32.1 Å². The van der Waals surface area contributed by atoms with Crippen LogP contribution in [0.3, 0.4) is 0 Å². The molecule has 1 unspecified atom stereocenters. The number of hydrogen-bond donors (Lipinski definition) is 1. The molecule has 0 spiro atoms. The van der Waals surface area contributed by atoms with Crippen molar-refractivity contribution in [1.82, 2.24) is 10.3 Å². The Bertz CT molecular complexity index is 396. The summed E-state index contributed by atoms with van der Waals surface area (Å²) in [6.07, 6.45) is 8.00. The average Bonchev–Trinajstić information content (AvgIpc) is 2.87. The third-order valence-corrected chi connectivity index (χ3v) is 4.78. The van der Waals surface area contributed by atoms with Crippen molar-refractivity contribution in [3.63, 3.8) is 0 Å². The standard InChI is InChI=1S/C14H22N2OS/c1-10(17)13-9-18-14(16-13)12(15-2)8-11-6-4-3-5-7-11/h9,11-12,15H,3-8H2,1-2H3. The zero-order chi connectivity index (χ0) is 13.0. The molecule has 0 aromatic carbocycles. The van der Waals surface area contributed by atoms with Gasteiger partial charge in [-0.1, -0.05) is 32.1 Å². The van der Waals surface area contributed by atoms with E-state index < -0.39 is 0 Å². The minimum atomic E-state index is 0.0602. The van der Waals surface area contributed by atoms with Gasteiger partial charge in [0.05, 0.1) is 6.04 Å². The summed E-state index contributed by atoms with van der Waals surface area (Å²) >= 11 is 1.60. The van der Waals surface area contributed by atoms with Crippen molar-refractivity contribution in [1.29, 1.82) is 0 Å². The number of carbonyl (C=O) groups excluding carboxylic acids is 1. The molecule has 1 N–H and O–H groups in total. The number of nitrogens with one attached hydrogen (secondary N) is 1. The largest absolute Gasteiger partial charge is 0.311 e. The molecule has 18 heavy (non-hydrogen) atoms. The molecule has 3 nitrogen and oxygen atoms in total. The number of ketones is 1. The number of carbonyl (C=O) groups is 1. The number of rotatable bonds is 5. The van der Waals surface area contributed by atoms with E-state index in [0.29, 0.717) is 11.7 Å². The minimum absolute atomic E-state index is 0.0602. The van der Waals surface area contributed by atoms with Crippen LogP contribution in [0.5, 0.6) is 0 Å². The van der Waals surface area contributed by atoms with Gasteiger partial charge in [0.1, 0.15) is 10.7 Å². The fraction of sp³-hybridized carbons (Fsp3) is 0.714. The monoisotopic (exact) mass is 266 g/mol. The van der Waals surface area contributed by atoms with Crippen LogP contribution in [0.2, 0.25) is 0 Å². The Morgan fingerprint density at radius 2 is 2.22 bits per heavy atom. The van der Waals surface area contributed by atoms with Crippen molar-refractivity contribution < 1.29 is 4.79 Å². The van der Waals surface area contributed by atoms with E-state index in [-0.39, 0.29) is 5.78 Å². The van der Waals surface area contributed by atoms with Gasteiger partial charge in [0, 0.05) is 12.3 Å². The number of aromatic nitrogens is 1. The Morgan fingerprint density at radius 3 is 2.78 bits per heavy atom. The van der Waals surface area contributed by atoms with Gasteiger partial charge in [-0.15, -0.1) is 11.3 Å². The Hall–Kier alpha value is -0.740. The molecule has 1 aromatic rings. The Labute approximate surface area is 113 Å². The molecule has 1 saturated carbocycles. The number of thiazole rings is 1. The van der Waals surface area contributed by atoms with Crippen LogP contribution in [-0.2, 0) is 0 Å². The lowest BCUT2D eigenvalue weighted by Gasteiger charge is -2.25. The van der Waals surface area contributed by atoms with Crippen molar-refractivity contribution in [2.75, 3.05) is 7.05 Å². The van der Waals surface area contributed by atoms with Crippen molar-refractivity contribution in [2.24, 2.45) is 5.92 Å². The Kier molecular flexibility index (Phi) is 4.89. The normalized spacial score (nSPS) is 18.8. The van der Waals surface area contributed by atoms with E-state index in [4.69, 9.17) is 0 Å². The van der Waals surface area contributed by atoms with Gasteiger partial charge in [-0.2, -0.15) is 0 Å². The zero-order valence-corrected chi connectivity index (χ0v) is 12.1. The summed E-state index contributed by atoms with van der Waals surface area (Å²) in [5, 5.41) is 6.30. The summed E-state index contributed by atoms with van der Waals surface area (Å²) in [7, 11) is 1.99. The molecule has 0 radical (unpaired) electrons. The van der Waals surface area contributed by atoms with Crippen LogP contribution in [0.4, 0.5) is 0 Å². The summed E-state index contributed by atoms with van der Waals surface area (Å²) in [5.41, 5.74) is 0.610. The Balaban J connectivity index is 2.00. The third kappa shape index (κ3) is 3.39. The maximum absolute atomic E-state index is 11.3. The highest BCUT2D eigenvalue weighted by Crippen LogP contribution is 2.32. The minimum Gasteiger partial charge on any atom is -0.311 e. The van der Waals surface area contributed by atoms with Crippen molar-refractivity contribution in [2.45, 2.75) is 51.5 Å². The van der Waals surface area contributed by atoms with Crippen molar-refractivity contribution in [3.05, 3.63) is 16.1 Å². The van der Waals surface area contributed by atoms with Crippen LogP contribution in [0.25, 0.3) is 0 Å². The molecule has 1 aliphatic rings. The van der Waals surface area contributed by atoms with Gasteiger partial charge in [-0.05, 0) is 19.4 Å². The summed E-state index contributed by atoms with van der Waals surface area (Å²) in [4.78, 5) is 15.7. The summed E-state index contributed by atoms with van der Waals surface area (Å²) in [6.45, 7) is 1.58. The molecular weight excluding hydrogens is 244 g/mol. The van der Waals surface area contributed by atoms with E-state index in [2.05, 4.69) is 10.3 Å². The second-order valence-electron chi connectivity index (χ2n) is 5.21. The summed E-state index contributed by atoms with van der Waals surface area (Å²) in [6, 6.07) is 0.311. The SMILES string of the molecule is CNC(CC1CCCCC1)c1nc(C(C)=O)cs1. The smallest absolute Gasteiger partial charge is 0.178 e. The topological polar surface area (TPSA) is 42.0 Å². The maximum atomic E-state index is 11.3. The van der Waals surface area contributed by atoms with Crippen molar-refractivity contribution >= 4 is 17.1 Å². The fourth-order valence-electron chi connectivity index (χ4n) is 2.71. The lowest BCUT2D eigenvalue weighted by atomic mass is 9.85. The fourth-order valence-corrected chi connectivity index (χ4v) is 3.69. The first-order valence-electron chi connectivity index (χ1n) is 6.84. The van der Waals surface area contributed by atoms with Gasteiger partial charge in [-0.3, -0.25) is 4.79 Å². The highest BCUT2D eigenvalue weighted by molar-refractivity contribution is 7.09. The van der Waals surface area contributed by atoms with Crippen LogP contribution in [0.1, 0.15) is 67.0 Å². The molecule has 0 saturated heterocycles. The molecule has 1 aliphatic carbocycles. The predicted molar refractivity (Wildman–Crippen MR) is 75.1 cm³/mol.